The lowest BCUT2D eigenvalue weighted by Crippen LogP contribution is -2.18. The quantitative estimate of drug-likeness (QED) is 0.588. The van der Waals surface area contributed by atoms with Crippen LogP contribution in [0.4, 0.5) is 0 Å². The van der Waals surface area contributed by atoms with Gasteiger partial charge in [0.15, 0.2) is 0 Å². The van der Waals surface area contributed by atoms with E-state index in [-0.39, 0.29) is 11.7 Å². The SMILES string of the molecule is CC(CCOC(=O)c1ccc(O)cc1)CS(C)(C)C(C)S. The molecule has 120 valence electrons. The molecule has 0 saturated heterocycles. The monoisotopic (exact) mass is 330 g/mol. The second-order valence-corrected chi connectivity index (χ2v) is 11.4. The minimum absolute atomic E-state index is 0.145. The Morgan fingerprint density at radius 1 is 1.29 bits per heavy atom. The molecule has 1 aromatic carbocycles. The number of thiol groups is 1. The van der Waals surface area contributed by atoms with Gasteiger partial charge in [0.25, 0.3) is 0 Å². The molecule has 0 bridgehead atoms. The zero-order chi connectivity index (χ0) is 16.0. The van der Waals surface area contributed by atoms with Gasteiger partial charge in [0.1, 0.15) is 5.75 Å². The Morgan fingerprint density at radius 3 is 2.38 bits per heavy atom. The van der Waals surface area contributed by atoms with Crippen LogP contribution in [0.15, 0.2) is 24.3 Å². The molecule has 0 fully saturated rings. The molecule has 21 heavy (non-hydrogen) atoms. The van der Waals surface area contributed by atoms with Crippen molar-refractivity contribution >= 4 is 28.6 Å². The Bertz CT molecular complexity index is 455. The van der Waals surface area contributed by atoms with Crippen molar-refractivity contribution in [2.75, 3.05) is 24.9 Å². The predicted octanol–water partition coefficient (Wildman–Crippen LogP) is 3.92. The summed E-state index contributed by atoms with van der Waals surface area (Å²) in [4.78, 5) is 11.8. The molecule has 0 aromatic heterocycles. The van der Waals surface area contributed by atoms with Crippen molar-refractivity contribution in [3.63, 3.8) is 0 Å². The maximum atomic E-state index is 11.8. The number of benzene rings is 1. The van der Waals surface area contributed by atoms with Gasteiger partial charge in [-0.15, -0.1) is 0 Å². The van der Waals surface area contributed by atoms with E-state index < -0.39 is 10.0 Å². The topological polar surface area (TPSA) is 46.5 Å². The fourth-order valence-corrected chi connectivity index (χ4v) is 4.16. The van der Waals surface area contributed by atoms with E-state index in [1.807, 2.05) is 0 Å². The zero-order valence-corrected chi connectivity index (χ0v) is 14.9. The third kappa shape index (κ3) is 6.22. The van der Waals surface area contributed by atoms with Crippen molar-refractivity contribution in [3.05, 3.63) is 29.8 Å². The lowest BCUT2D eigenvalue weighted by molar-refractivity contribution is 0.0488. The number of esters is 1. The van der Waals surface area contributed by atoms with Crippen LogP contribution in [-0.4, -0.2) is 40.5 Å². The molecule has 2 atom stereocenters. The Morgan fingerprint density at radius 2 is 1.86 bits per heavy atom. The normalized spacial score (nSPS) is 15.3. The van der Waals surface area contributed by atoms with Crippen LogP contribution in [0.25, 0.3) is 0 Å². The summed E-state index contributed by atoms with van der Waals surface area (Å²) in [6, 6.07) is 6.10. The van der Waals surface area contributed by atoms with Gasteiger partial charge in [-0.25, -0.2) is 14.8 Å². The van der Waals surface area contributed by atoms with Crippen LogP contribution >= 0.6 is 22.7 Å². The number of aromatic hydroxyl groups is 1. The Labute approximate surface area is 134 Å². The number of hydrogen-bond donors (Lipinski definition) is 2. The number of hydrogen-bond acceptors (Lipinski definition) is 4. The summed E-state index contributed by atoms with van der Waals surface area (Å²) in [7, 11) is -0.709. The molecule has 0 aliphatic rings. The van der Waals surface area contributed by atoms with E-state index in [4.69, 9.17) is 4.74 Å². The van der Waals surface area contributed by atoms with E-state index in [9.17, 15) is 9.90 Å². The molecule has 0 heterocycles. The molecule has 0 saturated carbocycles. The lowest BCUT2D eigenvalue weighted by Gasteiger charge is -2.37. The fraction of sp³-hybridized carbons (Fsp3) is 0.562. The van der Waals surface area contributed by atoms with Crippen molar-refractivity contribution in [2.45, 2.75) is 24.9 Å². The molecule has 1 rings (SSSR count). The van der Waals surface area contributed by atoms with Gasteiger partial charge in [0, 0.05) is 4.58 Å². The Balaban J connectivity index is 2.36. The Kier molecular flexibility index (Phi) is 6.94. The van der Waals surface area contributed by atoms with Crippen LogP contribution < -0.4 is 0 Å². The summed E-state index contributed by atoms with van der Waals surface area (Å²) >= 11 is 4.56. The summed E-state index contributed by atoms with van der Waals surface area (Å²) in [5.41, 5.74) is 0.468. The molecule has 1 N–H and O–H groups in total. The summed E-state index contributed by atoms with van der Waals surface area (Å²) in [6.45, 7) is 4.77. The van der Waals surface area contributed by atoms with Crippen LogP contribution in [0.3, 0.4) is 0 Å². The molecule has 0 aliphatic carbocycles. The molecule has 3 nitrogen and oxygen atoms in total. The maximum Gasteiger partial charge on any atom is 0.338 e. The number of phenolic OH excluding ortho intramolecular Hbond substituents is 1. The fourth-order valence-electron chi connectivity index (χ4n) is 1.99. The van der Waals surface area contributed by atoms with Gasteiger partial charge >= 0.3 is 5.97 Å². The van der Waals surface area contributed by atoms with Crippen LogP contribution in [0.1, 0.15) is 30.6 Å². The highest BCUT2D eigenvalue weighted by molar-refractivity contribution is 8.37. The van der Waals surface area contributed by atoms with Crippen LogP contribution in [-0.2, 0) is 4.74 Å². The maximum absolute atomic E-state index is 11.8. The van der Waals surface area contributed by atoms with E-state index in [0.29, 0.717) is 22.7 Å². The molecular weight excluding hydrogens is 304 g/mol. The molecule has 1 aromatic rings. The first-order chi connectivity index (χ1) is 9.72. The van der Waals surface area contributed by atoms with Crippen LogP contribution in [0.5, 0.6) is 5.75 Å². The summed E-state index contributed by atoms with van der Waals surface area (Å²) < 4.78 is 5.70. The molecule has 0 radical (unpaired) electrons. The first kappa shape index (κ1) is 18.2. The molecular formula is C16H26O3S2. The first-order valence-corrected chi connectivity index (χ1v) is 10.3. The van der Waals surface area contributed by atoms with Crippen LogP contribution in [0.2, 0.25) is 0 Å². The minimum atomic E-state index is -0.709. The summed E-state index contributed by atoms with van der Waals surface area (Å²) in [6.07, 6.45) is 5.45. The largest absolute Gasteiger partial charge is 0.508 e. The van der Waals surface area contributed by atoms with Crippen molar-refractivity contribution in [1.82, 2.24) is 0 Å². The highest BCUT2D eigenvalue weighted by Gasteiger charge is 2.20. The van der Waals surface area contributed by atoms with E-state index in [2.05, 4.69) is 39.0 Å². The van der Waals surface area contributed by atoms with Crippen molar-refractivity contribution < 1.29 is 14.6 Å². The zero-order valence-electron chi connectivity index (χ0n) is 13.2. The average Bonchev–Trinajstić information content (AvgIpc) is 2.38. The molecule has 5 heteroatoms. The average molecular weight is 331 g/mol. The van der Waals surface area contributed by atoms with Gasteiger partial charge in [0.2, 0.25) is 0 Å². The second-order valence-electron chi connectivity index (χ2n) is 5.97. The van der Waals surface area contributed by atoms with Crippen molar-refractivity contribution in [3.8, 4) is 5.75 Å². The third-order valence-corrected chi connectivity index (χ3v) is 8.57. The molecule has 2 unspecified atom stereocenters. The molecule has 0 amide bonds. The van der Waals surface area contributed by atoms with Gasteiger partial charge in [-0.05, 0) is 61.8 Å². The highest BCUT2D eigenvalue weighted by atomic mass is 32.3. The smallest absolute Gasteiger partial charge is 0.338 e. The number of carbonyl (C=O) groups is 1. The molecule has 0 aliphatic heterocycles. The second kappa shape index (κ2) is 7.99. The van der Waals surface area contributed by atoms with Crippen molar-refractivity contribution in [1.29, 1.82) is 0 Å². The highest BCUT2D eigenvalue weighted by Crippen LogP contribution is 2.48. The van der Waals surface area contributed by atoms with Gasteiger partial charge in [-0.1, -0.05) is 6.92 Å². The third-order valence-electron chi connectivity index (χ3n) is 3.58. The van der Waals surface area contributed by atoms with Crippen LogP contribution in [0, 0.1) is 5.92 Å². The Hall–Kier alpha value is -0.810. The van der Waals surface area contributed by atoms with Gasteiger partial charge in [-0.3, -0.25) is 0 Å². The van der Waals surface area contributed by atoms with E-state index in [0.717, 1.165) is 12.2 Å². The first-order valence-electron chi connectivity index (χ1n) is 7.06. The van der Waals surface area contributed by atoms with Crippen molar-refractivity contribution in [2.24, 2.45) is 5.92 Å². The summed E-state index contributed by atoms with van der Waals surface area (Å²) in [5.74, 6) is 1.45. The lowest BCUT2D eigenvalue weighted by atomic mass is 10.1. The van der Waals surface area contributed by atoms with E-state index in [1.54, 1.807) is 12.1 Å². The number of ether oxygens (including phenoxy) is 1. The van der Waals surface area contributed by atoms with Gasteiger partial charge in [0.05, 0.1) is 12.2 Å². The van der Waals surface area contributed by atoms with Gasteiger partial charge < -0.3 is 9.84 Å². The summed E-state index contributed by atoms with van der Waals surface area (Å²) in [5, 5.41) is 9.18. The predicted molar refractivity (Wildman–Crippen MR) is 94.9 cm³/mol. The number of rotatable bonds is 7. The molecule has 0 spiro atoms. The van der Waals surface area contributed by atoms with Gasteiger partial charge in [-0.2, -0.15) is 12.6 Å². The number of phenols is 1. The standard InChI is InChI=1S/C16H26O3S2/c1-12(11-21(3,4)13(2)20)9-10-19-16(18)14-5-7-15(17)8-6-14/h5-8,12-13,17,20H,9-11H2,1-4H3. The van der Waals surface area contributed by atoms with E-state index in [1.165, 1.54) is 12.1 Å². The number of carbonyl (C=O) groups excluding carboxylic acids is 1. The van der Waals surface area contributed by atoms with E-state index >= 15 is 0 Å². The minimum Gasteiger partial charge on any atom is -0.508 e.